The molecule has 3 rings (SSSR count). The summed E-state index contributed by atoms with van der Waals surface area (Å²) in [5.41, 5.74) is 4.01. The lowest BCUT2D eigenvalue weighted by Gasteiger charge is -2.27. The second-order valence-electron chi connectivity index (χ2n) is 4.83. The fraction of sp³-hybridized carbons (Fsp3) is 0.250. The van der Waals surface area contributed by atoms with E-state index in [0.29, 0.717) is 5.92 Å². The Hall–Kier alpha value is -1.47. The van der Waals surface area contributed by atoms with Crippen LogP contribution in [0.15, 0.2) is 48.5 Å². The van der Waals surface area contributed by atoms with Gasteiger partial charge in [0.2, 0.25) is 0 Å². The Morgan fingerprint density at radius 1 is 1.11 bits per heavy atom. The number of nitrogens with one attached hydrogen (secondary N) is 1. The number of anilines is 1. The maximum absolute atomic E-state index is 6.04. The minimum atomic E-state index is 0.598. The third-order valence-electron chi connectivity index (χ3n) is 3.59. The number of hydrogen-bond acceptors (Lipinski definition) is 1. The van der Waals surface area contributed by atoms with Crippen LogP contribution in [-0.2, 0) is 6.42 Å². The number of fused-ring (bicyclic) bond motifs is 1. The van der Waals surface area contributed by atoms with Gasteiger partial charge in [-0.25, -0.2) is 0 Å². The molecular weight excluding hydrogens is 242 g/mol. The van der Waals surface area contributed by atoms with Gasteiger partial charge in [0.05, 0.1) is 0 Å². The summed E-state index contributed by atoms with van der Waals surface area (Å²) in [5, 5.41) is 4.24. The summed E-state index contributed by atoms with van der Waals surface area (Å²) in [5.74, 6) is 0.598. The Labute approximate surface area is 113 Å². The summed E-state index contributed by atoms with van der Waals surface area (Å²) in [7, 11) is 0. The van der Waals surface area contributed by atoms with Gasteiger partial charge >= 0.3 is 0 Å². The van der Waals surface area contributed by atoms with E-state index in [4.69, 9.17) is 11.6 Å². The maximum Gasteiger partial charge on any atom is 0.0426 e. The van der Waals surface area contributed by atoms with E-state index in [1.807, 2.05) is 12.1 Å². The minimum Gasteiger partial charge on any atom is -0.385 e. The Balaban J connectivity index is 1.87. The van der Waals surface area contributed by atoms with Crippen LogP contribution in [0.4, 0.5) is 5.69 Å². The van der Waals surface area contributed by atoms with Crippen LogP contribution in [0.1, 0.15) is 23.5 Å². The molecule has 0 fully saturated rings. The Kier molecular flexibility index (Phi) is 3.24. The Morgan fingerprint density at radius 3 is 2.78 bits per heavy atom. The largest absolute Gasteiger partial charge is 0.385 e. The first-order valence-corrected chi connectivity index (χ1v) is 6.78. The smallest absolute Gasteiger partial charge is 0.0426 e. The van der Waals surface area contributed by atoms with Crippen molar-refractivity contribution in [2.45, 2.75) is 18.8 Å². The Morgan fingerprint density at radius 2 is 1.94 bits per heavy atom. The van der Waals surface area contributed by atoms with E-state index in [-0.39, 0.29) is 0 Å². The quantitative estimate of drug-likeness (QED) is 0.836. The lowest BCUT2D eigenvalue weighted by Crippen LogP contribution is -2.18. The molecule has 0 saturated carbocycles. The maximum atomic E-state index is 6.04. The monoisotopic (exact) mass is 257 g/mol. The van der Waals surface area contributed by atoms with Crippen LogP contribution in [0.3, 0.4) is 0 Å². The molecule has 2 heteroatoms. The normalized spacial score (nSPS) is 17.9. The fourth-order valence-corrected chi connectivity index (χ4v) is 2.86. The van der Waals surface area contributed by atoms with E-state index in [0.717, 1.165) is 18.0 Å². The third-order valence-corrected chi connectivity index (χ3v) is 3.82. The zero-order valence-corrected chi connectivity index (χ0v) is 11.0. The summed E-state index contributed by atoms with van der Waals surface area (Å²) >= 11 is 6.04. The van der Waals surface area contributed by atoms with Crippen LogP contribution in [-0.4, -0.2) is 6.54 Å². The highest BCUT2D eigenvalue weighted by Gasteiger charge is 2.20. The average molecular weight is 258 g/mol. The molecule has 0 unspecified atom stereocenters. The zero-order valence-electron chi connectivity index (χ0n) is 10.2. The van der Waals surface area contributed by atoms with Crippen LogP contribution < -0.4 is 5.32 Å². The van der Waals surface area contributed by atoms with Crippen LogP contribution in [0, 0.1) is 0 Å². The lowest BCUT2D eigenvalue weighted by molar-refractivity contribution is 0.624. The second kappa shape index (κ2) is 5.03. The van der Waals surface area contributed by atoms with E-state index in [1.165, 1.54) is 23.2 Å². The second-order valence-corrected chi connectivity index (χ2v) is 5.27. The molecule has 0 radical (unpaired) electrons. The molecule has 0 spiro atoms. The van der Waals surface area contributed by atoms with Gasteiger partial charge in [0.15, 0.2) is 0 Å². The van der Waals surface area contributed by atoms with Crippen LogP contribution >= 0.6 is 11.6 Å². The highest BCUT2D eigenvalue weighted by atomic mass is 35.5. The summed E-state index contributed by atoms with van der Waals surface area (Å²) in [6.07, 6.45) is 2.29. The number of halogens is 1. The molecule has 2 aromatic rings. The predicted molar refractivity (Wildman–Crippen MR) is 77.4 cm³/mol. The standard InChI is InChI=1S/C16H16ClN/c17-14-6-7-15-13(8-9-18-16(15)11-14)10-12-4-2-1-3-5-12/h1-7,11,13,18H,8-10H2/t13-/m1/s1. The Bertz CT molecular complexity index is 536. The van der Waals surface area contributed by atoms with Gasteiger partial charge in [0.1, 0.15) is 0 Å². The van der Waals surface area contributed by atoms with Crippen LogP contribution in [0.25, 0.3) is 0 Å². The van der Waals surface area contributed by atoms with Crippen molar-refractivity contribution in [3.05, 3.63) is 64.7 Å². The first-order valence-electron chi connectivity index (χ1n) is 6.40. The molecule has 1 aliphatic rings. The minimum absolute atomic E-state index is 0.598. The van der Waals surface area contributed by atoms with Gasteiger partial charge in [-0.1, -0.05) is 48.0 Å². The van der Waals surface area contributed by atoms with E-state index in [1.54, 1.807) is 0 Å². The molecule has 0 saturated heterocycles. The summed E-state index contributed by atoms with van der Waals surface area (Å²) < 4.78 is 0. The first kappa shape index (κ1) is 11.6. The SMILES string of the molecule is Clc1ccc2c(c1)NCC[C@@H]2Cc1ccccc1. The van der Waals surface area contributed by atoms with Crippen molar-refractivity contribution in [2.24, 2.45) is 0 Å². The van der Waals surface area contributed by atoms with Crippen LogP contribution in [0.5, 0.6) is 0 Å². The van der Waals surface area contributed by atoms with Gasteiger partial charge < -0.3 is 5.32 Å². The van der Waals surface area contributed by atoms with Gasteiger partial charge in [-0.15, -0.1) is 0 Å². The number of benzene rings is 2. The van der Waals surface area contributed by atoms with Crippen molar-refractivity contribution in [2.75, 3.05) is 11.9 Å². The summed E-state index contributed by atoms with van der Waals surface area (Å²) in [6, 6.07) is 16.9. The lowest BCUT2D eigenvalue weighted by atomic mass is 9.86. The van der Waals surface area contributed by atoms with E-state index >= 15 is 0 Å². The topological polar surface area (TPSA) is 12.0 Å². The highest BCUT2D eigenvalue weighted by molar-refractivity contribution is 6.30. The van der Waals surface area contributed by atoms with Crippen molar-refractivity contribution in [1.82, 2.24) is 0 Å². The van der Waals surface area contributed by atoms with Gasteiger partial charge in [0, 0.05) is 17.3 Å². The molecule has 1 atom stereocenters. The van der Waals surface area contributed by atoms with Gasteiger partial charge in [-0.3, -0.25) is 0 Å². The zero-order chi connectivity index (χ0) is 12.4. The molecule has 92 valence electrons. The van der Waals surface area contributed by atoms with Gasteiger partial charge in [0.25, 0.3) is 0 Å². The molecule has 2 aromatic carbocycles. The molecule has 18 heavy (non-hydrogen) atoms. The molecule has 0 aliphatic carbocycles. The van der Waals surface area contributed by atoms with Crippen molar-refractivity contribution >= 4 is 17.3 Å². The number of rotatable bonds is 2. The molecule has 0 amide bonds. The van der Waals surface area contributed by atoms with Crippen molar-refractivity contribution in [1.29, 1.82) is 0 Å². The van der Waals surface area contributed by atoms with Crippen LogP contribution in [0.2, 0.25) is 5.02 Å². The average Bonchev–Trinajstić information content (AvgIpc) is 2.40. The number of hydrogen-bond donors (Lipinski definition) is 1. The molecule has 1 nitrogen and oxygen atoms in total. The molecule has 0 bridgehead atoms. The molecule has 1 N–H and O–H groups in total. The van der Waals surface area contributed by atoms with Gasteiger partial charge in [-0.2, -0.15) is 0 Å². The van der Waals surface area contributed by atoms with E-state index in [9.17, 15) is 0 Å². The highest BCUT2D eigenvalue weighted by Crippen LogP contribution is 2.35. The molecular formula is C16H16ClN. The fourth-order valence-electron chi connectivity index (χ4n) is 2.68. The summed E-state index contributed by atoms with van der Waals surface area (Å²) in [4.78, 5) is 0. The molecule has 1 heterocycles. The molecule has 0 aromatic heterocycles. The van der Waals surface area contributed by atoms with E-state index < -0.39 is 0 Å². The van der Waals surface area contributed by atoms with Gasteiger partial charge in [-0.05, 0) is 42.0 Å². The van der Waals surface area contributed by atoms with E-state index in [2.05, 4.69) is 41.7 Å². The summed E-state index contributed by atoms with van der Waals surface area (Å²) in [6.45, 7) is 1.03. The van der Waals surface area contributed by atoms with Crippen molar-refractivity contribution in [3.8, 4) is 0 Å². The molecule has 1 aliphatic heterocycles. The third kappa shape index (κ3) is 2.37. The van der Waals surface area contributed by atoms with Crippen molar-refractivity contribution in [3.63, 3.8) is 0 Å². The first-order chi connectivity index (χ1) is 8.83. The predicted octanol–water partition coefficient (Wildman–Crippen LogP) is 4.48. The van der Waals surface area contributed by atoms with Crippen molar-refractivity contribution < 1.29 is 0 Å².